The van der Waals surface area contributed by atoms with Gasteiger partial charge in [0.05, 0.1) is 23.7 Å². The van der Waals surface area contributed by atoms with E-state index in [1.807, 2.05) is 0 Å². The molecule has 4 rings (SSSR count). The van der Waals surface area contributed by atoms with Crippen molar-refractivity contribution in [3.8, 4) is 5.75 Å². The van der Waals surface area contributed by atoms with Crippen LogP contribution in [-0.2, 0) is 9.59 Å². The van der Waals surface area contributed by atoms with E-state index in [0.717, 1.165) is 4.90 Å². The molecule has 1 aromatic heterocycles. The molecule has 2 aromatic carbocycles. The van der Waals surface area contributed by atoms with Gasteiger partial charge in [-0.3, -0.25) is 14.5 Å². The summed E-state index contributed by atoms with van der Waals surface area (Å²) in [4.78, 5) is 31.2. The van der Waals surface area contributed by atoms with Crippen LogP contribution in [0.5, 0.6) is 5.75 Å². The van der Waals surface area contributed by atoms with Crippen molar-refractivity contribution in [1.29, 1.82) is 0 Å². The van der Waals surface area contributed by atoms with Gasteiger partial charge in [-0.15, -0.1) is 0 Å². The number of ketones is 1. The van der Waals surface area contributed by atoms with Gasteiger partial charge in [0.15, 0.2) is 0 Å². The number of hydrogen-bond acceptors (Lipinski definition) is 5. The Labute approximate surface area is 182 Å². The van der Waals surface area contributed by atoms with Crippen molar-refractivity contribution in [1.82, 2.24) is 4.98 Å². The maximum absolute atomic E-state index is 14.0. The number of carbonyl (C=O) groups is 2. The van der Waals surface area contributed by atoms with Gasteiger partial charge in [-0.1, -0.05) is 29.8 Å². The summed E-state index contributed by atoms with van der Waals surface area (Å²) < 4.78 is 19.1. The van der Waals surface area contributed by atoms with Gasteiger partial charge in [0.2, 0.25) is 0 Å². The number of Topliss-reactive ketones (excluding diaryl/α,β-unsaturated/α-hetero) is 1. The van der Waals surface area contributed by atoms with E-state index in [9.17, 15) is 19.1 Å². The van der Waals surface area contributed by atoms with E-state index in [0.29, 0.717) is 11.3 Å². The van der Waals surface area contributed by atoms with Crippen molar-refractivity contribution in [3.63, 3.8) is 0 Å². The van der Waals surface area contributed by atoms with Crippen molar-refractivity contribution >= 4 is 34.9 Å². The third-order valence-corrected chi connectivity index (χ3v) is 5.23. The second kappa shape index (κ2) is 8.20. The summed E-state index contributed by atoms with van der Waals surface area (Å²) in [6, 6.07) is 13.8. The van der Waals surface area contributed by atoms with Crippen LogP contribution in [-0.4, -0.2) is 28.9 Å². The maximum Gasteiger partial charge on any atom is 0.301 e. The molecule has 2 heterocycles. The molecule has 1 saturated heterocycles. The van der Waals surface area contributed by atoms with E-state index in [4.69, 9.17) is 16.3 Å². The predicted octanol–water partition coefficient (Wildman–Crippen LogP) is 4.51. The lowest BCUT2D eigenvalue weighted by atomic mass is 9.95. The summed E-state index contributed by atoms with van der Waals surface area (Å²) in [6.07, 6.45) is 1.47. The number of pyridine rings is 1. The standard InChI is InChI=1S/C23H16ClFN2O4/c1-31-17-9-8-14(12-16(17)24)21(28)19-20(13-5-4-6-15(25)11-13)27(23(30)22(19)29)18-7-2-3-10-26-18/h2-12,20,28H,1H3/b21-19+. The molecule has 0 bridgehead atoms. The molecular weight excluding hydrogens is 423 g/mol. The van der Waals surface area contributed by atoms with E-state index < -0.39 is 29.3 Å². The Bertz CT molecular complexity index is 1210. The van der Waals surface area contributed by atoms with Crippen LogP contribution in [0, 0.1) is 5.82 Å². The van der Waals surface area contributed by atoms with Crippen LogP contribution in [0.25, 0.3) is 5.76 Å². The van der Waals surface area contributed by atoms with Crippen LogP contribution in [0.1, 0.15) is 17.2 Å². The van der Waals surface area contributed by atoms with Crippen LogP contribution >= 0.6 is 11.6 Å². The number of nitrogens with zero attached hydrogens (tertiary/aromatic N) is 2. The second-order valence-corrected chi connectivity index (χ2v) is 7.17. The second-order valence-electron chi connectivity index (χ2n) is 6.76. The van der Waals surface area contributed by atoms with Crippen LogP contribution in [0.4, 0.5) is 10.2 Å². The highest BCUT2D eigenvalue weighted by molar-refractivity contribution is 6.51. The zero-order chi connectivity index (χ0) is 22.1. The van der Waals surface area contributed by atoms with Gasteiger partial charge in [-0.25, -0.2) is 9.37 Å². The first kappa shape index (κ1) is 20.6. The van der Waals surface area contributed by atoms with Gasteiger partial charge in [0.25, 0.3) is 5.78 Å². The third-order valence-electron chi connectivity index (χ3n) is 4.93. The number of halogens is 2. The molecule has 8 heteroatoms. The average Bonchev–Trinajstić information content (AvgIpc) is 3.04. The number of rotatable bonds is 4. The normalized spacial score (nSPS) is 17.8. The molecule has 1 N–H and O–H groups in total. The lowest BCUT2D eigenvalue weighted by Gasteiger charge is -2.24. The molecule has 6 nitrogen and oxygen atoms in total. The molecule has 3 aromatic rings. The number of anilines is 1. The molecule has 1 aliphatic heterocycles. The molecule has 1 unspecified atom stereocenters. The first-order chi connectivity index (χ1) is 14.9. The molecule has 31 heavy (non-hydrogen) atoms. The van der Waals surface area contributed by atoms with E-state index in [1.165, 1.54) is 49.7 Å². The Kier molecular flexibility index (Phi) is 5.44. The van der Waals surface area contributed by atoms with Gasteiger partial charge < -0.3 is 9.84 Å². The molecule has 0 radical (unpaired) electrons. The number of hydrogen-bond donors (Lipinski definition) is 1. The number of aliphatic hydroxyl groups excluding tert-OH is 1. The van der Waals surface area contributed by atoms with Gasteiger partial charge in [-0.2, -0.15) is 0 Å². The maximum atomic E-state index is 14.0. The highest BCUT2D eigenvalue weighted by Gasteiger charge is 2.47. The number of methoxy groups -OCH3 is 1. The van der Waals surface area contributed by atoms with E-state index in [-0.39, 0.29) is 22.0 Å². The number of amides is 1. The Balaban J connectivity index is 1.94. The molecule has 1 amide bonds. The lowest BCUT2D eigenvalue weighted by molar-refractivity contribution is -0.132. The zero-order valence-electron chi connectivity index (χ0n) is 16.3. The minimum absolute atomic E-state index is 0.192. The van der Waals surface area contributed by atoms with Gasteiger partial charge in [-0.05, 0) is 48.0 Å². The smallest absolute Gasteiger partial charge is 0.301 e. The number of carbonyl (C=O) groups excluding carboxylic acids is 2. The highest BCUT2D eigenvalue weighted by atomic mass is 35.5. The predicted molar refractivity (Wildman–Crippen MR) is 113 cm³/mol. The molecule has 0 saturated carbocycles. The topological polar surface area (TPSA) is 79.7 Å². The number of ether oxygens (including phenoxy) is 1. The highest BCUT2D eigenvalue weighted by Crippen LogP contribution is 2.42. The Hall–Kier alpha value is -3.71. The van der Waals surface area contributed by atoms with Crippen LogP contribution in [0.3, 0.4) is 0 Å². The zero-order valence-corrected chi connectivity index (χ0v) is 17.0. The quantitative estimate of drug-likeness (QED) is 0.368. The van der Waals surface area contributed by atoms with Crippen LogP contribution in [0.15, 0.2) is 72.4 Å². The molecule has 1 atom stereocenters. The lowest BCUT2D eigenvalue weighted by Crippen LogP contribution is -2.30. The van der Waals surface area contributed by atoms with Crippen molar-refractivity contribution in [2.45, 2.75) is 6.04 Å². The fraction of sp³-hybridized carbons (Fsp3) is 0.0870. The van der Waals surface area contributed by atoms with Gasteiger partial charge in [0.1, 0.15) is 23.1 Å². The molecule has 1 fully saturated rings. The molecule has 0 aliphatic carbocycles. The summed E-state index contributed by atoms with van der Waals surface area (Å²) in [5, 5.41) is 11.2. The SMILES string of the molecule is COc1ccc(/C(O)=C2\C(=O)C(=O)N(c3ccccn3)C2c2cccc(F)c2)cc1Cl. The summed E-state index contributed by atoms with van der Waals surface area (Å²) >= 11 is 6.16. The van der Waals surface area contributed by atoms with Crippen molar-refractivity contribution in [2.75, 3.05) is 12.0 Å². The summed E-state index contributed by atoms with van der Waals surface area (Å²) in [5.74, 6) is -2.19. The first-order valence-electron chi connectivity index (χ1n) is 9.23. The first-order valence-corrected chi connectivity index (χ1v) is 9.61. The molecule has 1 aliphatic rings. The molecule has 156 valence electrons. The Morgan fingerprint density at radius 3 is 2.58 bits per heavy atom. The van der Waals surface area contributed by atoms with Crippen LogP contribution in [0.2, 0.25) is 5.02 Å². The average molecular weight is 439 g/mol. The number of aliphatic hydroxyl groups is 1. The largest absolute Gasteiger partial charge is 0.507 e. The van der Waals surface area contributed by atoms with Crippen molar-refractivity contribution in [3.05, 3.63) is 94.4 Å². The Morgan fingerprint density at radius 1 is 1.13 bits per heavy atom. The number of aromatic nitrogens is 1. The van der Waals surface area contributed by atoms with E-state index in [2.05, 4.69) is 4.98 Å². The molecular formula is C23H16ClFN2O4. The number of benzene rings is 2. The molecule has 0 spiro atoms. The van der Waals surface area contributed by atoms with E-state index in [1.54, 1.807) is 24.3 Å². The van der Waals surface area contributed by atoms with Crippen LogP contribution < -0.4 is 9.64 Å². The fourth-order valence-corrected chi connectivity index (χ4v) is 3.78. The third kappa shape index (κ3) is 3.64. The van der Waals surface area contributed by atoms with Crippen molar-refractivity contribution in [2.24, 2.45) is 0 Å². The minimum Gasteiger partial charge on any atom is -0.507 e. The minimum atomic E-state index is -1.08. The fourth-order valence-electron chi connectivity index (χ4n) is 3.53. The summed E-state index contributed by atoms with van der Waals surface area (Å²) in [5.41, 5.74) is 0.333. The van der Waals surface area contributed by atoms with Gasteiger partial charge >= 0.3 is 5.91 Å². The monoisotopic (exact) mass is 438 g/mol. The van der Waals surface area contributed by atoms with Gasteiger partial charge in [0, 0.05) is 11.8 Å². The summed E-state index contributed by atoms with van der Waals surface area (Å²) in [7, 11) is 1.45. The van der Waals surface area contributed by atoms with Crippen molar-refractivity contribution < 1.29 is 23.8 Å². The Morgan fingerprint density at radius 2 is 1.94 bits per heavy atom. The summed E-state index contributed by atoms with van der Waals surface area (Å²) in [6.45, 7) is 0. The van der Waals surface area contributed by atoms with E-state index >= 15 is 0 Å².